The van der Waals surface area contributed by atoms with Gasteiger partial charge in [-0.05, 0) is 42.0 Å². The highest BCUT2D eigenvalue weighted by Crippen LogP contribution is 2.38. The van der Waals surface area contributed by atoms with Gasteiger partial charge in [0.05, 0.1) is 35.8 Å². The van der Waals surface area contributed by atoms with Crippen molar-refractivity contribution in [3.05, 3.63) is 82.4 Å². The van der Waals surface area contributed by atoms with E-state index in [2.05, 4.69) is 16.0 Å². The molecule has 4 aromatic rings. The van der Waals surface area contributed by atoms with E-state index in [4.69, 9.17) is 25.8 Å². The molecule has 0 atom stereocenters. The Bertz CT molecular complexity index is 1390. The van der Waals surface area contributed by atoms with Crippen LogP contribution in [0.1, 0.15) is 17.0 Å². The minimum absolute atomic E-state index is 0.0101. The number of allylic oxidation sites excluding steroid dienone is 1. The summed E-state index contributed by atoms with van der Waals surface area (Å²) in [5.74, 6) is 1.37. The third-order valence-corrected chi connectivity index (χ3v) is 5.24. The highest BCUT2D eigenvalue weighted by molar-refractivity contribution is 6.32. The number of H-pyrrole nitrogens is 1. The Hall–Kier alpha value is -4.02. The number of aromatic amines is 1. The summed E-state index contributed by atoms with van der Waals surface area (Å²) >= 11 is 6.44. The van der Waals surface area contributed by atoms with Gasteiger partial charge in [-0.3, -0.25) is 0 Å². The van der Waals surface area contributed by atoms with Crippen molar-refractivity contribution in [1.29, 1.82) is 5.26 Å². The molecule has 0 radical (unpaired) electrons. The molecule has 0 saturated carbocycles. The van der Waals surface area contributed by atoms with E-state index in [-0.39, 0.29) is 23.2 Å². The van der Waals surface area contributed by atoms with Gasteiger partial charge in [-0.15, -0.1) is 0 Å². The molecular formula is C25H19ClFN3O3. The molecule has 0 bridgehead atoms. The molecule has 0 spiro atoms. The Labute approximate surface area is 194 Å². The van der Waals surface area contributed by atoms with Crippen LogP contribution in [0, 0.1) is 17.1 Å². The number of hydrogen-bond donors (Lipinski definition) is 1. The van der Waals surface area contributed by atoms with E-state index in [1.165, 1.54) is 13.2 Å². The van der Waals surface area contributed by atoms with Crippen LogP contribution in [0.15, 0.2) is 54.6 Å². The van der Waals surface area contributed by atoms with E-state index in [1.807, 2.05) is 12.1 Å². The average Bonchev–Trinajstić information content (AvgIpc) is 3.25. The van der Waals surface area contributed by atoms with Crippen molar-refractivity contribution < 1.29 is 18.6 Å². The topological polar surface area (TPSA) is 80.2 Å². The number of halogens is 2. The van der Waals surface area contributed by atoms with Crippen molar-refractivity contribution in [3.8, 4) is 23.3 Å². The molecule has 0 aliphatic rings. The van der Waals surface area contributed by atoms with Crippen molar-refractivity contribution in [1.82, 2.24) is 9.97 Å². The van der Waals surface area contributed by atoms with Gasteiger partial charge in [0.25, 0.3) is 0 Å². The van der Waals surface area contributed by atoms with Crippen LogP contribution in [0.5, 0.6) is 17.2 Å². The lowest BCUT2D eigenvalue weighted by atomic mass is 10.1. The molecule has 0 amide bonds. The number of nitrogens with one attached hydrogen (secondary N) is 1. The third kappa shape index (κ3) is 4.76. The first-order valence-electron chi connectivity index (χ1n) is 9.92. The second kappa shape index (κ2) is 9.63. The fraction of sp³-hybridized carbons (Fsp3) is 0.120. The lowest BCUT2D eigenvalue weighted by Crippen LogP contribution is -2.01. The van der Waals surface area contributed by atoms with Gasteiger partial charge in [-0.2, -0.15) is 5.26 Å². The minimum Gasteiger partial charge on any atom is -0.497 e. The Morgan fingerprint density at radius 3 is 2.70 bits per heavy atom. The minimum atomic E-state index is -0.366. The fourth-order valence-electron chi connectivity index (χ4n) is 3.29. The van der Waals surface area contributed by atoms with Crippen LogP contribution in [0.2, 0.25) is 5.02 Å². The standard InChI is InChI=1S/C25H19ClFN3O3/c1-31-18-7-8-21-22(12-18)30-25(29-21)17(13-28)9-15-10-19(26)24(23(11-15)32-2)33-14-16-5-3-4-6-20(16)27/h3-12H,14H2,1-2H3,(H,29,30)/b17-9+. The van der Waals surface area contributed by atoms with E-state index in [9.17, 15) is 9.65 Å². The van der Waals surface area contributed by atoms with E-state index in [1.54, 1.807) is 49.6 Å². The molecule has 0 aliphatic heterocycles. The van der Waals surface area contributed by atoms with E-state index in [0.29, 0.717) is 39.5 Å². The summed E-state index contributed by atoms with van der Waals surface area (Å²) in [6.45, 7) is -0.0101. The molecule has 3 aromatic carbocycles. The van der Waals surface area contributed by atoms with Crippen LogP contribution in [0.25, 0.3) is 22.7 Å². The van der Waals surface area contributed by atoms with Gasteiger partial charge in [-0.1, -0.05) is 29.8 Å². The second-order valence-corrected chi connectivity index (χ2v) is 7.46. The van der Waals surface area contributed by atoms with Crippen LogP contribution in [-0.4, -0.2) is 24.2 Å². The number of nitrogens with zero attached hydrogens (tertiary/aromatic N) is 2. The molecule has 1 N–H and O–H groups in total. The van der Waals surface area contributed by atoms with Crippen LogP contribution in [-0.2, 0) is 6.61 Å². The first kappa shape index (κ1) is 22.2. The van der Waals surface area contributed by atoms with Crippen LogP contribution in [0.3, 0.4) is 0 Å². The summed E-state index contributed by atoms with van der Waals surface area (Å²) in [6.07, 6.45) is 1.64. The summed E-state index contributed by atoms with van der Waals surface area (Å²) < 4.78 is 30.3. The maximum absolute atomic E-state index is 13.9. The van der Waals surface area contributed by atoms with E-state index >= 15 is 0 Å². The number of imidazole rings is 1. The van der Waals surface area contributed by atoms with Crippen molar-refractivity contribution >= 4 is 34.3 Å². The van der Waals surface area contributed by atoms with Gasteiger partial charge in [0.15, 0.2) is 11.5 Å². The van der Waals surface area contributed by atoms with Gasteiger partial charge < -0.3 is 19.2 Å². The fourth-order valence-corrected chi connectivity index (χ4v) is 3.57. The largest absolute Gasteiger partial charge is 0.497 e. The van der Waals surface area contributed by atoms with Gasteiger partial charge in [0, 0.05) is 11.6 Å². The number of rotatable bonds is 7. The molecule has 4 rings (SSSR count). The Balaban J connectivity index is 1.65. The van der Waals surface area contributed by atoms with Gasteiger partial charge in [0.1, 0.15) is 30.1 Å². The lowest BCUT2D eigenvalue weighted by molar-refractivity contribution is 0.280. The maximum Gasteiger partial charge on any atom is 0.180 e. The normalized spacial score (nSPS) is 11.3. The first-order valence-corrected chi connectivity index (χ1v) is 10.3. The summed E-state index contributed by atoms with van der Waals surface area (Å²) in [7, 11) is 3.06. The smallest absolute Gasteiger partial charge is 0.180 e. The molecule has 0 fully saturated rings. The summed E-state index contributed by atoms with van der Waals surface area (Å²) in [4.78, 5) is 7.62. The number of ether oxygens (including phenoxy) is 3. The van der Waals surface area contributed by atoms with Crippen molar-refractivity contribution in [3.63, 3.8) is 0 Å². The molecule has 8 heteroatoms. The van der Waals surface area contributed by atoms with Gasteiger partial charge >= 0.3 is 0 Å². The van der Waals surface area contributed by atoms with Gasteiger partial charge in [-0.25, -0.2) is 9.37 Å². The number of aromatic nitrogens is 2. The predicted octanol–water partition coefficient (Wildman–Crippen LogP) is 6.02. The molecule has 0 aliphatic carbocycles. The molecule has 6 nitrogen and oxygen atoms in total. The Morgan fingerprint density at radius 2 is 1.97 bits per heavy atom. The Kier molecular flexibility index (Phi) is 6.48. The van der Waals surface area contributed by atoms with Crippen molar-refractivity contribution in [2.24, 2.45) is 0 Å². The molecule has 33 heavy (non-hydrogen) atoms. The zero-order valence-electron chi connectivity index (χ0n) is 17.9. The maximum atomic E-state index is 13.9. The SMILES string of the molecule is COc1ccc2nc(/C(C#N)=C/c3cc(Cl)c(OCc4ccccc4F)c(OC)c3)[nH]c2c1. The third-order valence-electron chi connectivity index (χ3n) is 4.96. The van der Waals surface area contributed by atoms with Crippen molar-refractivity contribution in [2.45, 2.75) is 6.61 Å². The average molecular weight is 464 g/mol. The summed E-state index contributed by atoms with van der Waals surface area (Å²) in [5, 5.41) is 9.99. The molecule has 0 unspecified atom stereocenters. The zero-order chi connectivity index (χ0) is 23.4. The molecule has 1 heterocycles. The molecular weight excluding hydrogens is 445 g/mol. The zero-order valence-corrected chi connectivity index (χ0v) is 18.6. The van der Waals surface area contributed by atoms with Crippen LogP contribution < -0.4 is 14.2 Å². The van der Waals surface area contributed by atoms with Crippen LogP contribution >= 0.6 is 11.6 Å². The Morgan fingerprint density at radius 1 is 1.15 bits per heavy atom. The van der Waals surface area contributed by atoms with Crippen LogP contribution in [0.4, 0.5) is 4.39 Å². The van der Waals surface area contributed by atoms with Crippen molar-refractivity contribution in [2.75, 3.05) is 14.2 Å². The summed E-state index contributed by atoms with van der Waals surface area (Å²) in [6, 6.07) is 17.2. The van der Waals surface area contributed by atoms with E-state index in [0.717, 1.165) is 5.52 Å². The molecule has 0 saturated heterocycles. The molecule has 166 valence electrons. The number of nitriles is 1. The second-order valence-electron chi connectivity index (χ2n) is 7.05. The van der Waals surface area contributed by atoms with E-state index < -0.39 is 0 Å². The van der Waals surface area contributed by atoms with Gasteiger partial charge in [0.2, 0.25) is 0 Å². The number of fused-ring (bicyclic) bond motifs is 1. The summed E-state index contributed by atoms with van der Waals surface area (Å²) in [5.41, 5.74) is 2.78. The highest BCUT2D eigenvalue weighted by atomic mass is 35.5. The first-order chi connectivity index (χ1) is 16.0. The number of benzene rings is 3. The highest BCUT2D eigenvalue weighted by Gasteiger charge is 2.15. The molecule has 1 aromatic heterocycles. The monoisotopic (exact) mass is 463 g/mol. The quantitative estimate of drug-likeness (QED) is 0.339. The number of methoxy groups -OCH3 is 2. The lowest BCUT2D eigenvalue weighted by Gasteiger charge is -2.14. The number of hydrogen-bond acceptors (Lipinski definition) is 5. The predicted molar refractivity (Wildman–Crippen MR) is 125 cm³/mol.